The number of aromatic nitrogens is 1. The Labute approximate surface area is 168 Å². The fourth-order valence-corrected chi connectivity index (χ4v) is 4.35. The van der Waals surface area contributed by atoms with E-state index in [-0.39, 0.29) is 11.9 Å². The van der Waals surface area contributed by atoms with Gasteiger partial charge in [-0.25, -0.2) is 0 Å². The van der Waals surface area contributed by atoms with Crippen LogP contribution in [0.15, 0.2) is 28.9 Å². The van der Waals surface area contributed by atoms with Crippen LogP contribution in [0, 0.1) is 11.8 Å². The van der Waals surface area contributed by atoms with Gasteiger partial charge in [-0.1, -0.05) is 19.9 Å². The molecule has 0 radical (unpaired) electrons. The maximum absolute atomic E-state index is 13.0. The van der Waals surface area contributed by atoms with Crippen LogP contribution in [-0.4, -0.2) is 41.5 Å². The molecule has 0 saturated carbocycles. The lowest BCUT2D eigenvalue weighted by Crippen LogP contribution is -2.39. The van der Waals surface area contributed by atoms with Crippen molar-refractivity contribution in [1.82, 2.24) is 9.47 Å². The summed E-state index contributed by atoms with van der Waals surface area (Å²) in [4.78, 5) is 26.3. The van der Waals surface area contributed by atoms with E-state index in [0.717, 1.165) is 40.3 Å². The summed E-state index contributed by atoms with van der Waals surface area (Å²) in [7, 11) is 1.42. The number of rotatable bonds is 5. The predicted octanol–water partition coefficient (Wildman–Crippen LogP) is 4.48. The minimum absolute atomic E-state index is 0.0711. The van der Waals surface area contributed by atoms with Crippen LogP contribution in [0.2, 0.25) is 0 Å². The summed E-state index contributed by atoms with van der Waals surface area (Å²) in [6.07, 6.45) is 4.23. The molecule has 1 aromatic heterocycles. The van der Waals surface area contributed by atoms with Crippen molar-refractivity contribution < 1.29 is 14.3 Å². The van der Waals surface area contributed by atoms with E-state index in [2.05, 4.69) is 40.5 Å². The highest BCUT2D eigenvalue weighted by atomic mass is 79.9. The topological polar surface area (TPSA) is 51.5 Å². The number of carbonyl (C=O) groups is 2. The first kappa shape index (κ1) is 19.9. The van der Waals surface area contributed by atoms with Crippen molar-refractivity contribution in [2.45, 2.75) is 39.7 Å². The second-order valence-electron chi connectivity index (χ2n) is 7.77. The Morgan fingerprint density at radius 2 is 1.96 bits per heavy atom. The van der Waals surface area contributed by atoms with Gasteiger partial charge < -0.3 is 14.2 Å². The number of fused-ring (bicyclic) bond motifs is 1. The fourth-order valence-electron chi connectivity index (χ4n) is 3.77. The van der Waals surface area contributed by atoms with Gasteiger partial charge >= 0.3 is 5.97 Å². The highest BCUT2D eigenvalue weighted by Crippen LogP contribution is 2.29. The molecule has 2 heterocycles. The van der Waals surface area contributed by atoms with Gasteiger partial charge in [0.05, 0.1) is 7.11 Å². The maximum atomic E-state index is 13.0. The van der Waals surface area contributed by atoms with Crippen LogP contribution in [-0.2, 0) is 16.1 Å². The van der Waals surface area contributed by atoms with Crippen molar-refractivity contribution in [3.8, 4) is 0 Å². The Bertz CT molecular complexity index is 835. The largest absolute Gasteiger partial charge is 0.469 e. The number of hydrogen-bond acceptors (Lipinski definition) is 3. The van der Waals surface area contributed by atoms with E-state index in [9.17, 15) is 9.59 Å². The molecule has 2 aromatic rings. The Kier molecular flexibility index (Phi) is 6.25. The third-order valence-electron chi connectivity index (χ3n) is 5.23. The molecule has 27 heavy (non-hydrogen) atoms. The van der Waals surface area contributed by atoms with Gasteiger partial charge in [-0.05, 0) is 52.7 Å². The summed E-state index contributed by atoms with van der Waals surface area (Å²) >= 11 is 3.62. The fraction of sp³-hybridized carbons (Fsp3) is 0.524. The number of esters is 1. The molecule has 0 bridgehead atoms. The first-order valence-electron chi connectivity index (χ1n) is 9.53. The third kappa shape index (κ3) is 4.54. The zero-order valence-electron chi connectivity index (χ0n) is 16.2. The van der Waals surface area contributed by atoms with Gasteiger partial charge in [0.15, 0.2) is 0 Å². The summed E-state index contributed by atoms with van der Waals surface area (Å²) in [6, 6.07) is 5.94. The number of amides is 1. The highest BCUT2D eigenvalue weighted by Gasteiger charge is 2.25. The quantitative estimate of drug-likeness (QED) is 0.651. The number of likely N-dealkylation sites (tertiary alicyclic amines) is 1. The number of hydrogen-bond donors (Lipinski definition) is 0. The lowest BCUT2D eigenvalue weighted by atomic mass is 9.93. The van der Waals surface area contributed by atoms with Crippen LogP contribution in [0.3, 0.4) is 0 Å². The monoisotopic (exact) mass is 434 g/mol. The lowest BCUT2D eigenvalue weighted by Gasteiger charge is -2.31. The minimum Gasteiger partial charge on any atom is -0.469 e. The molecule has 0 unspecified atom stereocenters. The van der Waals surface area contributed by atoms with Gasteiger partial charge in [0, 0.05) is 53.2 Å². The molecule has 1 fully saturated rings. The molecular formula is C21H27BrN2O3. The van der Waals surface area contributed by atoms with E-state index in [1.165, 1.54) is 7.11 Å². The van der Waals surface area contributed by atoms with Gasteiger partial charge in [-0.3, -0.25) is 9.59 Å². The van der Waals surface area contributed by atoms with Crippen molar-refractivity contribution >= 4 is 38.7 Å². The molecule has 146 valence electrons. The van der Waals surface area contributed by atoms with Gasteiger partial charge in [0.2, 0.25) is 0 Å². The molecule has 1 aliphatic rings. The third-order valence-corrected chi connectivity index (χ3v) is 5.86. The number of piperidine rings is 1. The number of ether oxygens (including phenoxy) is 1. The van der Waals surface area contributed by atoms with Crippen molar-refractivity contribution in [1.29, 1.82) is 0 Å². The summed E-state index contributed by atoms with van der Waals surface area (Å²) in [5.74, 6) is 0.743. The molecule has 1 aliphatic heterocycles. The van der Waals surface area contributed by atoms with Crippen molar-refractivity contribution in [3.63, 3.8) is 0 Å². The number of halogens is 1. The van der Waals surface area contributed by atoms with E-state index < -0.39 is 0 Å². The zero-order valence-corrected chi connectivity index (χ0v) is 17.8. The van der Waals surface area contributed by atoms with E-state index in [4.69, 9.17) is 4.74 Å². The van der Waals surface area contributed by atoms with Gasteiger partial charge in [0.25, 0.3) is 5.91 Å². The van der Waals surface area contributed by atoms with E-state index in [1.807, 2.05) is 23.1 Å². The first-order valence-corrected chi connectivity index (χ1v) is 10.3. The second-order valence-corrected chi connectivity index (χ2v) is 8.63. The Hall–Kier alpha value is -1.82. The van der Waals surface area contributed by atoms with Crippen molar-refractivity contribution in [2.75, 3.05) is 20.2 Å². The van der Waals surface area contributed by atoms with Crippen LogP contribution in [0.25, 0.3) is 10.9 Å². The molecule has 0 spiro atoms. The Morgan fingerprint density at radius 3 is 2.59 bits per heavy atom. The van der Waals surface area contributed by atoms with Crippen LogP contribution in [0.1, 0.15) is 43.5 Å². The zero-order chi connectivity index (χ0) is 19.6. The van der Waals surface area contributed by atoms with E-state index in [1.54, 1.807) is 0 Å². The Morgan fingerprint density at radius 1 is 1.26 bits per heavy atom. The molecule has 6 heteroatoms. The van der Waals surface area contributed by atoms with Crippen molar-refractivity contribution in [2.24, 2.45) is 11.8 Å². The minimum atomic E-state index is -0.165. The standard InChI is InChI=1S/C21H27BrN2O3/c1-14(2)12-24-13-18(22)17-5-4-16(11-19(17)24)21(26)23-8-6-15(7-9-23)10-20(25)27-3/h4-5,11,13-15H,6-10,12H2,1-3H3. The average molecular weight is 435 g/mol. The van der Waals surface area contributed by atoms with E-state index in [0.29, 0.717) is 31.3 Å². The van der Waals surface area contributed by atoms with E-state index >= 15 is 0 Å². The van der Waals surface area contributed by atoms with Gasteiger partial charge in [-0.15, -0.1) is 0 Å². The van der Waals surface area contributed by atoms with Gasteiger partial charge in [0.1, 0.15) is 0 Å². The molecular weight excluding hydrogens is 408 g/mol. The molecule has 3 rings (SSSR count). The number of benzene rings is 1. The normalized spacial score (nSPS) is 15.5. The predicted molar refractivity (Wildman–Crippen MR) is 110 cm³/mol. The maximum Gasteiger partial charge on any atom is 0.305 e. The second kappa shape index (κ2) is 8.46. The molecule has 0 N–H and O–H groups in total. The average Bonchev–Trinajstić information content (AvgIpc) is 2.96. The molecule has 0 atom stereocenters. The molecule has 5 nitrogen and oxygen atoms in total. The summed E-state index contributed by atoms with van der Waals surface area (Å²) in [6.45, 7) is 6.67. The molecule has 1 saturated heterocycles. The summed E-state index contributed by atoms with van der Waals surface area (Å²) in [5.41, 5.74) is 1.81. The summed E-state index contributed by atoms with van der Waals surface area (Å²) in [5, 5.41) is 1.13. The van der Waals surface area contributed by atoms with Crippen LogP contribution in [0.5, 0.6) is 0 Å². The molecule has 0 aliphatic carbocycles. The van der Waals surface area contributed by atoms with Gasteiger partial charge in [-0.2, -0.15) is 0 Å². The van der Waals surface area contributed by atoms with Crippen LogP contribution in [0.4, 0.5) is 0 Å². The van der Waals surface area contributed by atoms with Crippen molar-refractivity contribution in [3.05, 3.63) is 34.4 Å². The van der Waals surface area contributed by atoms with Crippen LogP contribution < -0.4 is 0 Å². The molecule has 1 aromatic carbocycles. The van der Waals surface area contributed by atoms with Crippen LogP contribution >= 0.6 is 15.9 Å². The SMILES string of the molecule is COC(=O)CC1CCN(C(=O)c2ccc3c(Br)cn(CC(C)C)c3c2)CC1. The smallest absolute Gasteiger partial charge is 0.305 e. The molecule has 1 amide bonds. The highest BCUT2D eigenvalue weighted by molar-refractivity contribution is 9.10. The summed E-state index contributed by atoms with van der Waals surface area (Å²) < 4.78 is 8.02. The Balaban J connectivity index is 1.73. The first-order chi connectivity index (χ1) is 12.9. The lowest BCUT2D eigenvalue weighted by molar-refractivity contribution is -0.142. The number of methoxy groups -OCH3 is 1. The number of nitrogens with zero attached hydrogens (tertiary/aromatic N) is 2. The number of carbonyl (C=O) groups excluding carboxylic acids is 2.